The molecule has 38 heavy (non-hydrogen) atoms. The fourth-order valence-electron chi connectivity index (χ4n) is 4.53. The molecule has 9 heteroatoms. The summed E-state index contributed by atoms with van der Waals surface area (Å²) in [5.41, 5.74) is 4.44. The zero-order valence-corrected chi connectivity index (χ0v) is 21.8. The number of nitrogens with one attached hydrogen (secondary N) is 3. The highest BCUT2D eigenvalue weighted by Gasteiger charge is 2.35. The largest absolute Gasteiger partial charge is 0.495 e. The van der Waals surface area contributed by atoms with Crippen molar-refractivity contribution in [1.29, 1.82) is 0 Å². The minimum Gasteiger partial charge on any atom is -0.495 e. The van der Waals surface area contributed by atoms with Gasteiger partial charge in [-0.1, -0.05) is 48.0 Å². The number of methoxy groups -OCH3 is 1. The van der Waals surface area contributed by atoms with Crippen LogP contribution in [0.5, 0.6) is 5.75 Å². The zero-order valence-electron chi connectivity index (χ0n) is 21.1. The van der Waals surface area contributed by atoms with Gasteiger partial charge < -0.3 is 20.7 Å². The van der Waals surface area contributed by atoms with Crippen molar-refractivity contribution in [3.05, 3.63) is 112 Å². The lowest BCUT2D eigenvalue weighted by Gasteiger charge is -2.30. The Morgan fingerprint density at radius 1 is 0.974 bits per heavy atom. The molecule has 2 heterocycles. The third kappa shape index (κ3) is 4.86. The van der Waals surface area contributed by atoms with E-state index < -0.39 is 6.04 Å². The molecular weight excluding hydrogens is 502 g/mol. The zero-order chi connectivity index (χ0) is 26.8. The van der Waals surface area contributed by atoms with Crippen molar-refractivity contribution in [2.24, 2.45) is 0 Å². The van der Waals surface area contributed by atoms with Gasteiger partial charge in [-0.3, -0.25) is 9.59 Å². The summed E-state index contributed by atoms with van der Waals surface area (Å²) in [6.07, 6.45) is 1.50. The molecule has 8 nitrogen and oxygen atoms in total. The average Bonchev–Trinajstić information content (AvgIpc) is 3.32. The van der Waals surface area contributed by atoms with E-state index in [0.717, 1.165) is 11.1 Å². The first kappa shape index (κ1) is 25.1. The number of hydrogen-bond donors (Lipinski definition) is 3. The molecule has 0 unspecified atom stereocenters. The third-order valence-corrected chi connectivity index (χ3v) is 6.58. The normalized spacial score (nSPS) is 14.4. The number of nitrogens with zero attached hydrogens (tertiary/aromatic N) is 2. The van der Waals surface area contributed by atoms with E-state index in [1.807, 2.05) is 55.5 Å². The first-order chi connectivity index (χ1) is 18.4. The number of carbonyl (C=O) groups is 2. The third-order valence-electron chi connectivity index (χ3n) is 6.33. The summed E-state index contributed by atoms with van der Waals surface area (Å²) >= 11 is 6.16. The molecule has 0 saturated heterocycles. The van der Waals surface area contributed by atoms with Crippen molar-refractivity contribution >= 4 is 40.6 Å². The van der Waals surface area contributed by atoms with Crippen LogP contribution in [-0.2, 0) is 4.79 Å². The number of carbonyl (C=O) groups excluding carboxylic acids is 2. The second-order valence-corrected chi connectivity index (χ2v) is 9.38. The number of allylic oxidation sites excluding steroid dienone is 1. The Balaban J connectivity index is 1.54. The lowest BCUT2D eigenvalue weighted by Crippen LogP contribution is -2.32. The Bertz CT molecular complexity index is 1560. The molecule has 5 rings (SSSR count). The molecule has 0 aliphatic carbocycles. The summed E-state index contributed by atoms with van der Waals surface area (Å²) in [5.74, 6) is 0.391. The van der Waals surface area contributed by atoms with Crippen LogP contribution in [0.3, 0.4) is 0 Å². The van der Waals surface area contributed by atoms with E-state index in [-0.39, 0.29) is 11.8 Å². The SMILES string of the molecule is COc1ccccc1NC(=O)C1=C(C)Nc2c(C(=O)Nc3cccc(C)c3)cnn2[C@@H]1c1ccc(Cl)cc1. The average molecular weight is 528 g/mol. The van der Waals surface area contributed by atoms with Gasteiger partial charge in [-0.25, -0.2) is 4.68 Å². The highest BCUT2D eigenvalue weighted by Crippen LogP contribution is 2.38. The monoisotopic (exact) mass is 527 g/mol. The first-order valence-corrected chi connectivity index (χ1v) is 12.4. The van der Waals surface area contributed by atoms with E-state index >= 15 is 0 Å². The molecule has 4 aromatic rings. The molecule has 192 valence electrons. The van der Waals surface area contributed by atoms with Gasteiger partial charge in [0.1, 0.15) is 23.2 Å². The molecule has 1 aliphatic rings. The molecule has 3 aromatic carbocycles. The number of ether oxygens (including phenoxy) is 1. The maximum absolute atomic E-state index is 13.7. The summed E-state index contributed by atoms with van der Waals surface area (Å²) in [6.45, 7) is 3.76. The molecule has 3 N–H and O–H groups in total. The summed E-state index contributed by atoms with van der Waals surface area (Å²) < 4.78 is 7.06. The fourth-order valence-corrected chi connectivity index (χ4v) is 4.65. The minimum atomic E-state index is -0.612. The molecular formula is C29H26ClN5O3. The van der Waals surface area contributed by atoms with Gasteiger partial charge in [0, 0.05) is 16.4 Å². The van der Waals surface area contributed by atoms with Crippen molar-refractivity contribution in [3.63, 3.8) is 0 Å². The van der Waals surface area contributed by atoms with E-state index in [4.69, 9.17) is 16.3 Å². The van der Waals surface area contributed by atoms with Crippen LogP contribution in [0.25, 0.3) is 0 Å². The Kier molecular flexibility index (Phi) is 6.89. The van der Waals surface area contributed by atoms with E-state index in [1.54, 1.807) is 43.0 Å². The highest BCUT2D eigenvalue weighted by atomic mass is 35.5. The van der Waals surface area contributed by atoms with Crippen LogP contribution in [0.2, 0.25) is 5.02 Å². The van der Waals surface area contributed by atoms with E-state index in [1.165, 1.54) is 6.20 Å². The van der Waals surface area contributed by atoms with Gasteiger partial charge in [-0.2, -0.15) is 5.10 Å². The van der Waals surface area contributed by atoms with Crippen molar-refractivity contribution < 1.29 is 14.3 Å². The number of anilines is 3. The maximum atomic E-state index is 13.7. The topological polar surface area (TPSA) is 97.3 Å². The van der Waals surface area contributed by atoms with Crippen LogP contribution in [0.15, 0.2) is 90.3 Å². The molecule has 0 fully saturated rings. The van der Waals surface area contributed by atoms with Crippen molar-refractivity contribution in [2.45, 2.75) is 19.9 Å². The maximum Gasteiger partial charge on any atom is 0.261 e. The quantitative estimate of drug-likeness (QED) is 0.284. The Morgan fingerprint density at radius 3 is 2.47 bits per heavy atom. The minimum absolute atomic E-state index is 0.311. The number of para-hydroxylation sites is 2. The van der Waals surface area contributed by atoms with Crippen LogP contribution in [0.1, 0.15) is 34.5 Å². The Hall–Kier alpha value is -4.56. The number of benzene rings is 3. The van der Waals surface area contributed by atoms with Gasteiger partial charge in [0.2, 0.25) is 0 Å². The highest BCUT2D eigenvalue weighted by molar-refractivity contribution is 6.30. The number of aromatic nitrogens is 2. The summed E-state index contributed by atoms with van der Waals surface area (Å²) in [7, 11) is 1.55. The summed E-state index contributed by atoms with van der Waals surface area (Å²) in [4.78, 5) is 27.0. The lowest BCUT2D eigenvalue weighted by atomic mass is 9.94. The lowest BCUT2D eigenvalue weighted by molar-refractivity contribution is -0.113. The number of hydrogen-bond acceptors (Lipinski definition) is 5. The van der Waals surface area contributed by atoms with Gasteiger partial charge in [0.05, 0.1) is 24.6 Å². The molecule has 0 spiro atoms. The van der Waals surface area contributed by atoms with Crippen molar-refractivity contribution in [2.75, 3.05) is 23.1 Å². The van der Waals surface area contributed by atoms with Crippen LogP contribution in [0.4, 0.5) is 17.2 Å². The standard InChI is InChI=1S/C29H26ClN5O3/c1-17-7-6-8-21(15-17)33-28(36)22-16-31-35-26(19-11-13-20(30)14-12-19)25(18(2)32-27(22)35)29(37)34-23-9-4-5-10-24(23)38-3/h4-16,26,32H,1-3H3,(H,33,36)(H,34,37)/t26-/m1/s1. The van der Waals surface area contributed by atoms with E-state index in [9.17, 15) is 9.59 Å². The van der Waals surface area contributed by atoms with Crippen LogP contribution >= 0.6 is 11.6 Å². The number of rotatable bonds is 6. The van der Waals surface area contributed by atoms with Gasteiger partial charge in [-0.15, -0.1) is 0 Å². The van der Waals surface area contributed by atoms with Gasteiger partial charge in [0.25, 0.3) is 11.8 Å². The molecule has 1 aromatic heterocycles. The molecule has 0 saturated carbocycles. The van der Waals surface area contributed by atoms with Crippen LogP contribution < -0.4 is 20.7 Å². The predicted octanol–water partition coefficient (Wildman–Crippen LogP) is 6.03. The van der Waals surface area contributed by atoms with Crippen molar-refractivity contribution in [1.82, 2.24) is 9.78 Å². The first-order valence-electron chi connectivity index (χ1n) is 12.0. The van der Waals surface area contributed by atoms with Crippen molar-refractivity contribution in [3.8, 4) is 5.75 Å². The second-order valence-electron chi connectivity index (χ2n) is 8.95. The summed E-state index contributed by atoms with van der Waals surface area (Å²) in [6, 6.07) is 21.4. The number of fused-ring (bicyclic) bond motifs is 1. The number of halogens is 1. The second kappa shape index (κ2) is 10.4. The van der Waals surface area contributed by atoms with Gasteiger partial charge in [0.15, 0.2) is 0 Å². The Morgan fingerprint density at radius 2 is 1.74 bits per heavy atom. The number of aryl methyl sites for hydroxylation is 1. The molecule has 1 atom stereocenters. The van der Waals surface area contributed by atoms with Gasteiger partial charge in [-0.05, 0) is 61.4 Å². The van der Waals surface area contributed by atoms with Crippen LogP contribution in [-0.4, -0.2) is 28.7 Å². The smallest absolute Gasteiger partial charge is 0.261 e. The molecule has 0 radical (unpaired) electrons. The van der Waals surface area contributed by atoms with E-state index in [0.29, 0.717) is 44.8 Å². The van der Waals surface area contributed by atoms with Crippen LogP contribution in [0, 0.1) is 6.92 Å². The fraction of sp³-hybridized carbons (Fsp3) is 0.138. The van der Waals surface area contributed by atoms with E-state index in [2.05, 4.69) is 21.0 Å². The summed E-state index contributed by atoms with van der Waals surface area (Å²) in [5, 5.41) is 14.3. The molecule has 0 bridgehead atoms. The Labute approximate surface area is 225 Å². The molecule has 2 amide bonds. The predicted molar refractivity (Wildman–Crippen MR) is 149 cm³/mol. The number of amides is 2. The van der Waals surface area contributed by atoms with Gasteiger partial charge >= 0.3 is 0 Å². The molecule has 1 aliphatic heterocycles.